The predicted octanol–water partition coefficient (Wildman–Crippen LogP) is 5.04. The van der Waals surface area contributed by atoms with Gasteiger partial charge in [-0.2, -0.15) is 4.52 Å². The SMILES string of the molecule is CCN(CC)CCOc1ccc(Nc2[nH]n3c(=O)c(-c4c(Cl)cccc4Cl)cnc3c2N)cc1. The summed E-state index contributed by atoms with van der Waals surface area (Å²) in [4.78, 5) is 19.8. The zero-order valence-electron chi connectivity index (χ0n) is 18.9. The average Bonchev–Trinajstić information content (AvgIpc) is 3.15. The summed E-state index contributed by atoms with van der Waals surface area (Å²) in [5, 5.41) is 6.91. The molecule has 0 spiro atoms. The maximum absolute atomic E-state index is 13.2. The lowest BCUT2D eigenvalue weighted by molar-refractivity contribution is 0.223. The number of nitrogens with two attached hydrogens (primary N) is 1. The highest BCUT2D eigenvalue weighted by Gasteiger charge is 2.18. The van der Waals surface area contributed by atoms with E-state index in [1.54, 1.807) is 18.2 Å². The molecule has 0 amide bonds. The minimum atomic E-state index is -0.364. The summed E-state index contributed by atoms with van der Waals surface area (Å²) in [6.45, 7) is 7.77. The number of nitrogens with zero attached hydrogens (tertiary/aromatic N) is 3. The van der Waals surface area contributed by atoms with Crippen molar-refractivity contribution in [2.24, 2.45) is 0 Å². The van der Waals surface area contributed by atoms with E-state index in [2.05, 4.69) is 34.1 Å². The standard InChI is InChI=1S/C24H26Cl2N6O2/c1-3-31(4-2)12-13-34-16-10-8-15(9-11-16)29-22-21(27)23-28-14-17(24(33)32(23)30-22)20-18(25)6-5-7-19(20)26/h5-11,14,29-30H,3-4,12-13,27H2,1-2H3. The van der Waals surface area contributed by atoms with Crippen LogP contribution in [0, 0.1) is 0 Å². The van der Waals surface area contributed by atoms with Crippen LogP contribution in [0.15, 0.2) is 53.5 Å². The Labute approximate surface area is 207 Å². The zero-order valence-corrected chi connectivity index (χ0v) is 20.5. The molecule has 0 radical (unpaired) electrons. The number of aromatic nitrogens is 3. The summed E-state index contributed by atoms with van der Waals surface area (Å²) in [7, 11) is 0. The van der Waals surface area contributed by atoms with Crippen LogP contribution in [0.3, 0.4) is 0 Å². The van der Waals surface area contributed by atoms with Crippen molar-refractivity contribution in [2.45, 2.75) is 13.8 Å². The minimum absolute atomic E-state index is 0.270. The molecule has 2 aromatic carbocycles. The van der Waals surface area contributed by atoms with Crippen molar-refractivity contribution in [3.05, 3.63) is 69.1 Å². The van der Waals surface area contributed by atoms with E-state index in [-0.39, 0.29) is 11.1 Å². The lowest BCUT2D eigenvalue weighted by atomic mass is 10.1. The van der Waals surface area contributed by atoms with Crippen LogP contribution in [0.2, 0.25) is 10.0 Å². The van der Waals surface area contributed by atoms with Crippen molar-refractivity contribution >= 4 is 46.0 Å². The summed E-state index contributed by atoms with van der Waals surface area (Å²) < 4.78 is 7.10. The quantitative estimate of drug-likeness (QED) is 0.297. The van der Waals surface area contributed by atoms with Gasteiger partial charge in [-0.1, -0.05) is 43.1 Å². The lowest BCUT2D eigenvalue weighted by Gasteiger charge is -2.18. The number of H-pyrrole nitrogens is 1. The second-order valence-corrected chi connectivity index (χ2v) is 8.47. The molecule has 4 aromatic rings. The first-order chi connectivity index (χ1) is 16.4. The summed E-state index contributed by atoms with van der Waals surface area (Å²) in [5.41, 5.74) is 7.98. The molecule has 2 heterocycles. The van der Waals surface area contributed by atoms with Crippen LogP contribution in [-0.4, -0.2) is 45.7 Å². The van der Waals surface area contributed by atoms with Gasteiger partial charge in [-0.25, -0.2) is 4.98 Å². The number of aromatic amines is 1. The Morgan fingerprint density at radius 3 is 2.44 bits per heavy atom. The molecule has 0 aliphatic rings. The molecule has 0 aliphatic heterocycles. The van der Waals surface area contributed by atoms with Crippen molar-refractivity contribution in [2.75, 3.05) is 37.3 Å². The molecular weight excluding hydrogens is 475 g/mol. The fourth-order valence-electron chi connectivity index (χ4n) is 3.67. The number of nitrogen functional groups attached to an aromatic ring is 1. The molecule has 34 heavy (non-hydrogen) atoms. The summed E-state index contributed by atoms with van der Waals surface area (Å²) in [5.74, 6) is 1.23. The molecule has 178 valence electrons. The number of fused-ring (bicyclic) bond motifs is 1. The lowest BCUT2D eigenvalue weighted by Crippen LogP contribution is -2.27. The van der Waals surface area contributed by atoms with Crippen LogP contribution in [0.1, 0.15) is 13.8 Å². The third-order valence-electron chi connectivity index (χ3n) is 5.62. The van der Waals surface area contributed by atoms with E-state index in [4.69, 9.17) is 33.7 Å². The van der Waals surface area contributed by atoms with Gasteiger partial charge in [0.25, 0.3) is 5.56 Å². The van der Waals surface area contributed by atoms with Gasteiger partial charge < -0.3 is 20.7 Å². The summed E-state index contributed by atoms with van der Waals surface area (Å²) in [6.07, 6.45) is 1.43. The normalized spacial score (nSPS) is 11.3. The second-order valence-electron chi connectivity index (χ2n) is 7.66. The largest absolute Gasteiger partial charge is 0.492 e. The molecule has 8 nitrogen and oxygen atoms in total. The number of hydrogen-bond acceptors (Lipinski definition) is 6. The van der Waals surface area contributed by atoms with Crippen LogP contribution >= 0.6 is 23.2 Å². The van der Waals surface area contributed by atoms with E-state index in [1.807, 2.05) is 24.3 Å². The Kier molecular flexibility index (Phi) is 7.31. The molecule has 0 bridgehead atoms. The number of hydrogen-bond donors (Lipinski definition) is 3. The molecular formula is C24H26Cl2N6O2. The molecule has 0 fully saturated rings. The zero-order chi connectivity index (χ0) is 24.2. The second kappa shape index (κ2) is 10.4. The highest BCUT2D eigenvalue weighted by atomic mass is 35.5. The molecule has 10 heteroatoms. The van der Waals surface area contributed by atoms with Gasteiger partial charge in [0.05, 0.1) is 15.6 Å². The van der Waals surface area contributed by atoms with E-state index in [1.165, 1.54) is 10.7 Å². The number of anilines is 3. The summed E-state index contributed by atoms with van der Waals surface area (Å²) >= 11 is 12.6. The number of likely N-dealkylation sites (N-methyl/N-ethyl adjacent to an activating group) is 1. The fourth-order valence-corrected chi connectivity index (χ4v) is 4.27. The Morgan fingerprint density at radius 2 is 1.79 bits per heavy atom. The Bertz CT molecular complexity index is 1330. The maximum atomic E-state index is 13.2. The summed E-state index contributed by atoms with van der Waals surface area (Å²) in [6, 6.07) is 12.6. The maximum Gasteiger partial charge on any atom is 0.280 e. The van der Waals surface area contributed by atoms with Gasteiger partial charge in [0.15, 0.2) is 11.5 Å². The topological polar surface area (TPSA) is 101 Å². The third-order valence-corrected chi connectivity index (χ3v) is 6.25. The predicted molar refractivity (Wildman–Crippen MR) is 139 cm³/mol. The van der Waals surface area contributed by atoms with Gasteiger partial charge in [0, 0.05) is 24.0 Å². The highest BCUT2D eigenvalue weighted by molar-refractivity contribution is 6.39. The first-order valence-electron chi connectivity index (χ1n) is 11.0. The average molecular weight is 501 g/mol. The molecule has 2 aromatic heterocycles. The molecule has 0 unspecified atom stereocenters. The van der Waals surface area contributed by atoms with Crippen LogP contribution in [0.25, 0.3) is 16.8 Å². The van der Waals surface area contributed by atoms with E-state index in [0.29, 0.717) is 39.4 Å². The van der Waals surface area contributed by atoms with Gasteiger partial charge in [-0.15, -0.1) is 0 Å². The molecule has 0 atom stereocenters. The van der Waals surface area contributed by atoms with Crippen molar-refractivity contribution in [1.82, 2.24) is 19.5 Å². The number of benzene rings is 2. The first-order valence-corrected chi connectivity index (χ1v) is 11.7. The fraction of sp³-hybridized carbons (Fsp3) is 0.250. The number of nitrogens with one attached hydrogen (secondary N) is 2. The van der Waals surface area contributed by atoms with E-state index in [9.17, 15) is 4.79 Å². The Balaban J connectivity index is 1.55. The monoisotopic (exact) mass is 500 g/mol. The van der Waals surface area contributed by atoms with Gasteiger partial charge in [0.1, 0.15) is 18.0 Å². The Morgan fingerprint density at radius 1 is 1.12 bits per heavy atom. The molecule has 0 saturated carbocycles. The minimum Gasteiger partial charge on any atom is -0.492 e. The highest BCUT2D eigenvalue weighted by Crippen LogP contribution is 2.33. The van der Waals surface area contributed by atoms with Crippen LogP contribution < -0.4 is 21.3 Å². The number of ether oxygens (including phenoxy) is 1. The van der Waals surface area contributed by atoms with Gasteiger partial charge in [0.2, 0.25) is 0 Å². The molecule has 4 N–H and O–H groups in total. The smallest absolute Gasteiger partial charge is 0.280 e. The first kappa shape index (κ1) is 23.9. The van der Waals surface area contributed by atoms with Crippen molar-refractivity contribution < 1.29 is 4.74 Å². The number of halogens is 2. The van der Waals surface area contributed by atoms with Gasteiger partial charge in [-0.3, -0.25) is 9.89 Å². The molecule has 4 rings (SSSR count). The van der Waals surface area contributed by atoms with Crippen molar-refractivity contribution in [3.63, 3.8) is 0 Å². The third kappa shape index (κ3) is 4.84. The Hall–Kier alpha value is -3.20. The van der Waals surface area contributed by atoms with Gasteiger partial charge in [-0.05, 0) is 49.5 Å². The van der Waals surface area contributed by atoms with E-state index >= 15 is 0 Å². The number of rotatable bonds is 9. The van der Waals surface area contributed by atoms with Crippen LogP contribution in [0.5, 0.6) is 5.75 Å². The van der Waals surface area contributed by atoms with Crippen molar-refractivity contribution in [1.29, 1.82) is 0 Å². The van der Waals surface area contributed by atoms with Crippen molar-refractivity contribution in [3.8, 4) is 16.9 Å². The molecule has 0 saturated heterocycles. The van der Waals surface area contributed by atoms with Crippen LogP contribution in [-0.2, 0) is 0 Å². The molecule has 0 aliphatic carbocycles. The van der Waals surface area contributed by atoms with E-state index < -0.39 is 0 Å². The van der Waals surface area contributed by atoms with Crippen LogP contribution in [0.4, 0.5) is 17.2 Å². The van der Waals surface area contributed by atoms with Gasteiger partial charge >= 0.3 is 0 Å². The van der Waals surface area contributed by atoms with E-state index in [0.717, 1.165) is 31.1 Å².